The van der Waals surface area contributed by atoms with Crippen molar-refractivity contribution < 1.29 is 0 Å². The molecule has 106 valence electrons. The van der Waals surface area contributed by atoms with Gasteiger partial charge in [-0.2, -0.15) is 5.10 Å². The minimum atomic E-state index is 0.607. The average Bonchev–Trinajstić information content (AvgIpc) is 2.75. The minimum absolute atomic E-state index is 0.607. The summed E-state index contributed by atoms with van der Waals surface area (Å²) in [6, 6.07) is 11.5. The van der Waals surface area contributed by atoms with Gasteiger partial charge in [-0.3, -0.25) is 9.67 Å². The van der Waals surface area contributed by atoms with E-state index in [2.05, 4.69) is 10.1 Å². The molecule has 0 saturated heterocycles. The van der Waals surface area contributed by atoms with Crippen LogP contribution >= 0.6 is 11.6 Å². The largest absolute Gasteiger partial charge is 0.383 e. The highest BCUT2D eigenvalue weighted by Crippen LogP contribution is 2.37. The van der Waals surface area contributed by atoms with Crippen LogP contribution in [0.4, 0.5) is 5.82 Å². The van der Waals surface area contributed by atoms with E-state index in [0.29, 0.717) is 10.8 Å². The van der Waals surface area contributed by atoms with Crippen molar-refractivity contribution in [3.63, 3.8) is 0 Å². The number of hydrogen-bond acceptors (Lipinski definition) is 3. The Hall–Kier alpha value is -2.33. The second-order valence-electron chi connectivity index (χ2n) is 4.88. The lowest BCUT2D eigenvalue weighted by Crippen LogP contribution is -1.97. The van der Waals surface area contributed by atoms with E-state index in [9.17, 15) is 0 Å². The third-order valence-electron chi connectivity index (χ3n) is 3.47. The highest BCUT2D eigenvalue weighted by molar-refractivity contribution is 6.30. The van der Waals surface area contributed by atoms with Crippen molar-refractivity contribution in [1.82, 2.24) is 14.8 Å². The van der Waals surface area contributed by atoms with E-state index in [1.54, 1.807) is 10.9 Å². The Morgan fingerprint density at radius 3 is 2.71 bits per heavy atom. The van der Waals surface area contributed by atoms with E-state index in [-0.39, 0.29) is 0 Å². The van der Waals surface area contributed by atoms with Crippen LogP contribution in [0.1, 0.15) is 5.69 Å². The number of aryl methyl sites for hydroxylation is 2. The number of halogens is 1. The minimum Gasteiger partial charge on any atom is -0.383 e. The number of benzene rings is 1. The number of rotatable bonds is 2. The van der Waals surface area contributed by atoms with E-state index < -0.39 is 0 Å². The lowest BCUT2D eigenvalue weighted by atomic mass is 10.0. The van der Waals surface area contributed by atoms with Crippen LogP contribution in [0.2, 0.25) is 5.02 Å². The molecule has 0 unspecified atom stereocenters. The van der Waals surface area contributed by atoms with Crippen LogP contribution in [0.15, 0.2) is 42.6 Å². The first-order chi connectivity index (χ1) is 10.1. The molecule has 21 heavy (non-hydrogen) atoms. The van der Waals surface area contributed by atoms with Crippen LogP contribution in [-0.2, 0) is 7.05 Å². The summed E-state index contributed by atoms with van der Waals surface area (Å²) >= 11 is 6.10. The van der Waals surface area contributed by atoms with E-state index in [1.807, 2.05) is 50.4 Å². The number of pyridine rings is 1. The second kappa shape index (κ2) is 5.22. The fourth-order valence-electron chi connectivity index (χ4n) is 2.39. The number of nitrogens with zero attached hydrogens (tertiary/aromatic N) is 3. The molecule has 0 saturated carbocycles. The number of aromatic nitrogens is 3. The lowest BCUT2D eigenvalue weighted by molar-refractivity contribution is 0.782. The molecule has 0 bridgehead atoms. The average molecular weight is 299 g/mol. The summed E-state index contributed by atoms with van der Waals surface area (Å²) in [4.78, 5) is 4.33. The maximum atomic E-state index is 6.21. The van der Waals surface area contributed by atoms with Crippen LogP contribution in [0.3, 0.4) is 0 Å². The summed E-state index contributed by atoms with van der Waals surface area (Å²) in [5.74, 6) is 0.607. The first-order valence-electron chi connectivity index (χ1n) is 6.58. The van der Waals surface area contributed by atoms with E-state index in [1.165, 1.54) is 0 Å². The molecule has 3 rings (SSSR count). The Kier molecular flexibility index (Phi) is 3.39. The van der Waals surface area contributed by atoms with Gasteiger partial charge in [-0.1, -0.05) is 23.7 Å². The maximum absolute atomic E-state index is 6.21. The number of nitrogen functional groups attached to an aromatic ring is 1. The van der Waals surface area contributed by atoms with E-state index in [0.717, 1.165) is 28.1 Å². The lowest BCUT2D eigenvalue weighted by Gasteiger charge is -2.06. The third-order valence-corrected chi connectivity index (χ3v) is 3.70. The van der Waals surface area contributed by atoms with Crippen molar-refractivity contribution >= 4 is 17.4 Å². The molecule has 0 radical (unpaired) electrons. The van der Waals surface area contributed by atoms with Crippen LogP contribution < -0.4 is 5.73 Å². The summed E-state index contributed by atoms with van der Waals surface area (Å²) in [5.41, 5.74) is 10.8. The molecular weight excluding hydrogens is 284 g/mol. The first kappa shape index (κ1) is 13.6. The van der Waals surface area contributed by atoms with Crippen molar-refractivity contribution in [3.8, 4) is 22.4 Å². The van der Waals surface area contributed by atoms with Gasteiger partial charge in [-0.25, -0.2) is 0 Å². The van der Waals surface area contributed by atoms with Gasteiger partial charge in [0.1, 0.15) is 11.5 Å². The molecule has 0 aliphatic rings. The Labute approximate surface area is 128 Å². The predicted octanol–water partition coefficient (Wildman–Crippen LogP) is 3.69. The van der Waals surface area contributed by atoms with E-state index in [4.69, 9.17) is 17.3 Å². The van der Waals surface area contributed by atoms with Gasteiger partial charge in [0.05, 0.1) is 5.56 Å². The van der Waals surface area contributed by atoms with Crippen molar-refractivity contribution in [1.29, 1.82) is 0 Å². The molecule has 0 fully saturated rings. The normalized spacial score (nSPS) is 10.8. The molecule has 2 N–H and O–H groups in total. The van der Waals surface area contributed by atoms with Gasteiger partial charge in [-0.05, 0) is 36.8 Å². The summed E-state index contributed by atoms with van der Waals surface area (Å²) in [6.45, 7) is 1.96. The molecule has 0 atom stereocenters. The fourth-order valence-corrected chi connectivity index (χ4v) is 2.58. The topological polar surface area (TPSA) is 56.7 Å². The first-order valence-corrected chi connectivity index (χ1v) is 6.96. The van der Waals surface area contributed by atoms with Gasteiger partial charge in [0.2, 0.25) is 0 Å². The zero-order valence-corrected chi connectivity index (χ0v) is 12.6. The summed E-state index contributed by atoms with van der Waals surface area (Å²) in [5, 5.41) is 5.23. The molecule has 2 heterocycles. The van der Waals surface area contributed by atoms with E-state index >= 15 is 0 Å². The molecule has 0 spiro atoms. The fraction of sp³-hybridized carbons (Fsp3) is 0.125. The zero-order chi connectivity index (χ0) is 15.0. The van der Waals surface area contributed by atoms with Gasteiger partial charge < -0.3 is 5.73 Å². The van der Waals surface area contributed by atoms with Crippen molar-refractivity contribution in [2.24, 2.45) is 7.05 Å². The van der Waals surface area contributed by atoms with Crippen LogP contribution in [0, 0.1) is 6.92 Å². The maximum Gasteiger partial charge on any atom is 0.129 e. The summed E-state index contributed by atoms with van der Waals surface area (Å²) in [7, 11) is 1.83. The summed E-state index contributed by atoms with van der Waals surface area (Å²) < 4.78 is 1.68. The smallest absolute Gasteiger partial charge is 0.129 e. The molecule has 1 aromatic carbocycles. The quantitative estimate of drug-likeness (QED) is 0.785. The van der Waals surface area contributed by atoms with Gasteiger partial charge in [0, 0.05) is 29.5 Å². The Bertz CT molecular complexity index is 808. The standard InChI is InChI=1S/C16H15ClN4/c1-10-13(7-4-8-19-10)15-14(16(18)21(2)20-15)11-5-3-6-12(17)9-11/h3-9H,18H2,1-2H3. The molecule has 0 aliphatic heterocycles. The highest BCUT2D eigenvalue weighted by Gasteiger charge is 2.19. The van der Waals surface area contributed by atoms with Crippen molar-refractivity contribution in [2.75, 3.05) is 5.73 Å². The van der Waals surface area contributed by atoms with Crippen LogP contribution in [0.5, 0.6) is 0 Å². The Morgan fingerprint density at radius 2 is 2.00 bits per heavy atom. The third kappa shape index (κ3) is 2.38. The molecule has 0 amide bonds. The molecular formula is C16H15ClN4. The summed E-state index contributed by atoms with van der Waals surface area (Å²) in [6.07, 6.45) is 1.77. The van der Waals surface area contributed by atoms with Gasteiger partial charge in [0.15, 0.2) is 0 Å². The van der Waals surface area contributed by atoms with Gasteiger partial charge >= 0.3 is 0 Å². The number of hydrogen-bond donors (Lipinski definition) is 1. The Balaban J connectivity index is 2.29. The van der Waals surface area contributed by atoms with Crippen molar-refractivity contribution in [3.05, 3.63) is 53.3 Å². The van der Waals surface area contributed by atoms with Gasteiger partial charge in [-0.15, -0.1) is 0 Å². The zero-order valence-electron chi connectivity index (χ0n) is 11.8. The van der Waals surface area contributed by atoms with Crippen LogP contribution in [0.25, 0.3) is 22.4 Å². The predicted molar refractivity (Wildman–Crippen MR) is 86.0 cm³/mol. The highest BCUT2D eigenvalue weighted by atomic mass is 35.5. The number of nitrogens with two attached hydrogens (primary N) is 1. The second-order valence-corrected chi connectivity index (χ2v) is 5.32. The van der Waals surface area contributed by atoms with Gasteiger partial charge in [0.25, 0.3) is 0 Å². The van der Waals surface area contributed by atoms with Crippen molar-refractivity contribution in [2.45, 2.75) is 6.92 Å². The monoisotopic (exact) mass is 298 g/mol. The SMILES string of the molecule is Cc1ncccc1-c1nn(C)c(N)c1-c1cccc(Cl)c1. The Morgan fingerprint density at radius 1 is 1.19 bits per heavy atom. The molecule has 4 nitrogen and oxygen atoms in total. The molecule has 5 heteroatoms. The number of anilines is 1. The van der Waals surface area contributed by atoms with Crippen LogP contribution in [-0.4, -0.2) is 14.8 Å². The molecule has 0 aliphatic carbocycles. The molecule has 3 aromatic rings. The molecule has 2 aromatic heterocycles.